The molecule has 5 N–H and O–H groups in total. The van der Waals surface area contributed by atoms with E-state index < -0.39 is 145 Å². The predicted molar refractivity (Wildman–Crippen MR) is 411 cm³/mol. The number of carbonyl (C=O) groups is 7. The molecule has 11 fully saturated rings. The summed E-state index contributed by atoms with van der Waals surface area (Å²) in [7, 11) is 10.6. The van der Waals surface area contributed by atoms with Gasteiger partial charge >= 0.3 is 6.09 Å². The molecule has 12 bridgehead atoms. The van der Waals surface area contributed by atoms with Crippen LogP contribution in [0.5, 0.6) is 0 Å². The Morgan fingerprint density at radius 3 is 2.13 bits per heavy atom. The molecule has 12 rings (SSSR count). The molecule has 0 aliphatic carbocycles. The average Bonchev–Trinajstić information content (AvgIpc) is 1.55. The molecule has 11 heterocycles. The first-order valence-electron chi connectivity index (χ1n) is 41.4. The minimum atomic E-state index is -1.08. The van der Waals surface area contributed by atoms with Crippen LogP contribution in [0, 0.1) is 35.5 Å². The standard InChI is InChI=1S/C84H130N6O22/c1-17-50(71(88(10)82(98)69(44(2)3)87-81(97)70(45(4)5)89(11)83(99)104-16)64(101-13)40-68(94)90-33-21-24-59(90)73(102-14)48(8)80(96)86-49(9)72(95)51-22-19-18-20-23-51)25-26-52-35-57-31-32-84-41-66-76(111-84)77-78(110-66)79(112-84)75-61(109-77)30-28-56(107-75)36-53(91)37-58-63(39-62-47(7)46(6)34-55(106-62)27-29-60(52)105-57)108-65(74(58)103-15)38-54(92)42-85-67(93)43-100-12/h18-20,22-23,26,44-46,48-50,54-66,69-79,92,95H,7,17,21,24-25,27-43H2,1-6,8-16H3,(H,85,93)(H,86,96)(H,87,97)/b52-26-/t46-,48-,49-,50-,54+,55+,56-,57+,58+,59-,60+,61+,62-,63+,64-,65-,66-,69+,70+,71+,72-,73-,74-,75+,76+,77?,78?,79+,84+/m1/s1. The number of carbonyl (C=O) groups excluding carboxylic acids is 7. The van der Waals surface area contributed by atoms with Gasteiger partial charge in [0.2, 0.25) is 29.5 Å². The Balaban J connectivity index is 0.894. The topological polar surface area (TPSA) is 326 Å². The van der Waals surface area contributed by atoms with Gasteiger partial charge in [-0.3, -0.25) is 33.7 Å². The van der Waals surface area contributed by atoms with Gasteiger partial charge in [-0.25, -0.2) is 4.79 Å². The second kappa shape index (κ2) is 38.7. The Morgan fingerprint density at radius 2 is 1.45 bits per heavy atom. The number of ketones is 1. The molecule has 2 unspecified atom stereocenters. The highest BCUT2D eigenvalue weighted by atomic mass is 16.8. The Bertz CT molecular complexity index is 3410. The summed E-state index contributed by atoms with van der Waals surface area (Å²) in [6.07, 6.45) is -0.190. The number of likely N-dealkylation sites (tertiary alicyclic amines) is 1. The third-order valence-electron chi connectivity index (χ3n) is 26.2. The minimum absolute atomic E-state index is 0.00608. The number of nitrogens with zero attached hydrogens (tertiary/aromatic N) is 3. The molecule has 0 radical (unpaired) electrons. The van der Waals surface area contributed by atoms with Crippen LogP contribution in [0.2, 0.25) is 0 Å². The molecule has 28 heteroatoms. The number of aliphatic hydroxyl groups is 2. The lowest BCUT2D eigenvalue weighted by Crippen LogP contribution is -2.61. The number of likely N-dealkylation sites (N-methyl/N-ethyl adjacent to an activating group) is 2. The smallest absolute Gasteiger partial charge is 0.409 e. The quantitative estimate of drug-likeness (QED) is 0.0504. The van der Waals surface area contributed by atoms with Crippen molar-refractivity contribution in [2.24, 2.45) is 35.5 Å². The fourth-order valence-corrected chi connectivity index (χ4v) is 20.2. The van der Waals surface area contributed by atoms with Gasteiger partial charge in [-0.05, 0) is 112 Å². The van der Waals surface area contributed by atoms with Crippen LogP contribution in [0.3, 0.4) is 0 Å². The molecule has 11 saturated heterocycles. The van der Waals surface area contributed by atoms with Crippen LogP contribution in [-0.4, -0.2) is 282 Å². The summed E-state index contributed by atoms with van der Waals surface area (Å²) in [5.41, 5.74) is 2.66. The zero-order valence-corrected chi connectivity index (χ0v) is 68.7. The number of hydrogen-bond donors (Lipinski definition) is 5. The van der Waals surface area contributed by atoms with Crippen LogP contribution in [0.15, 0.2) is 54.1 Å². The number of Topliss-reactive ketones (excluding diaryl/α,β-unsaturated/α-hetero) is 1. The van der Waals surface area contributed by atoms with E-state index in [-0.39, 0.29) is 123 Å². The van der Waals surface area contributed by atoms with Gasteiger partial charge in [-0.1, -0.05) is 97.9 Å². The lowest BCUT2D eigenvalue weighted by atomic mass is 9.81. The molecule has 1 spiro atoms. The second-order valence-corrected chi connectivity index (χ2v) is 34.3. The first kappa shape index (κ1) is 87.3. The van der Waals surface area contributed by atoms with Crippen LogP contribution in [0.4, 0.5) is 4.79 Å². The minimum Gasteiger partial charge on any atom is -0.453 e. The molecular formula is C84H130N6O22. The molecule has 0 aromatic heterocycles. The number of aliphatic hydroxyl groups excluding tert-OH is 2. The fourth-order valence-electron chi connectivity index (χ4n) is 20.2. The van der Waals surface area contributed by atoms with Crippen molar-refractivity contribution in [3.8, 4) is 0 Å². The highest BCUT2D eigenvalue weighted by molar-refractivity contribution is 5.92. The predicted octanol–water partition coefficient (Wildman–Crippen LogP) is 7.00. The molecule has 11 aliphatic rings. The van der Waals surface area contributed by atoms with Crippen molar-refractivity contribution >= 4 is 41.4 Å². The van der Waals surface area contributed by atoms with Crippen molar-refractivity contribution in [2.45, 2.75) is 323 Å². The van der Waals surface area contributed by atoms with Gasteiger partial charge in [-0.15, -0.1) is 0 Å². The summed E-state index contributed by atoms with van der Waals surface area (Å²) < 4.78 is 85.5. The van der Waals surface area contributed by atoms with E-state index in [1.165, 1.54) is 33.3 Å². The molecule has 1 aromatic rings. The summed E-state index contributed by atoms with van der Waals surface area (Å²) in [6, 6.07) is 5.14. The zero-order valence-electron chi connectivity index (χ0n) is 68.7. The first-order chi connectivity index (χ1) is 53.5. The monoisotopic (exact) mass is 1570 g/mol. The van der Waals surface area contributed by atoms with Crippen molar-refractivity contribution in [1.82, 2.24) is 30.7 Å². The molecule has 11 aliphatic heterocycles. The maximum absolute atomic E-state index is 15.7. The van der Waals surface area contributed by atoms with Crippen molar-refractivity contribution in [2.75, 3.05) is 69.3 Å². The Morgan fingerprint density at radius 1 is 0.741 bits per heavy atom. The van der Waals surface area contributed by atoms with E-state index in [4.69, 9.17) is 61.6 Å². The fraction of sp³-hybridized carbons (Fsp3) is 0.798. The molecule has 1 aromatic carbocycles. The number of allylic oxidation sites excluding steroid dienone is 1. The van der Waals surface area contributed by atoms with Crippen LogP contribution in [-0.2, 0) is 90.3 Å². The molecule has 29 atom stereocenters. The van der Waals surface area contributed by atoms with E-state index in [0.29, 0.717) is 102 Å². The Hall–Kier alpha value is -5.57. The SMILES string of the molecule is C=C1[C@H](C)C[C@@H]2CC[C@@H]3O[C@@H](CC[C@@]45C[C@H]6OC7C(O[C@H]8CC[C@H](CC(=O)C[C@@H]9[C@@H](OC)[C@@H](C[C@H](O)CNC(=O)COC)O[C@H]9C[C@H]1O2)O[C@@H]8[C@@H]7O4)[C@H]6O5)C/C3=C/C[C@@H](CC)[C@@H]([C@@H](CC(=O)N1CCC[C@@H]1[C@H](OC)[C@@H](C)C(=O)N[C@H](C)[C@@H](O)c1ccccc1)OC)N(C)C(=O)[C@@H](NC(=O)[C@H](C(C)C)N(C)C(=O)OC)C(C)C. The Labute approximate surface area is 662 Å². The van der Waals surface area contributed by atoms with Crippen molar-refractivity contribution < 1.29 is 105 Å². The molecule has 6 amide bonds. The number of benzene rings is 1. The lowest BCUT2D eigenvalue weighted by Gasteiger charge is -2.47. The van der Waals surface area contributed by atoms with Gasteiger partial charge in [0.25, 0.3) is 0 Å². The van der Waals surface area contributed by atoms with Gasteiger partial charge < -0.3 is 97.5 Å². The van der Waals surface area contributed by atoms with Gasteiger partial charge in [0.1, 0.15) is 55.0 Å². The summed E-state index contributed by atoms with van der Waals surface area (Å²) in [5, 5.41) is 31.4. The molecule has 0 saturated carbocycles. The van der Waals surface area contributed by atoms with Crippen LogP contribution < -0.4 is 16.0 Å². The number of rotatable bonds is 29. The lowest BCUT2D eigenvalue weighted by molar-refractivity contribution is -0.292. The van der Waals surface area contributed by atoms with E-state index in [9.17, 15) is 34.2 Å². The number of amides is 6. The largest absolute Gasteiger partial charge is 0.453 e. The van der Waals surface area contributed by atoms with Gasteiger partial charge in [-0.2, -0.15) is 0 Å². The van der Waals surface area contributed by atoms with Gasteiger partial charge in [0.05, 0.1) is 123 Å². The first-order valence-corrected chi connectivity index (χ1v) is 41.4. The average molecular weight is 1580 g/mol. The number of fused-ring (bicyclic) bond motifs is 6. The molecule has 628 valence electrons. The number of ether oxygens (including phenoxy) is 13. The number of hydrogen-bond acceptors (Lipinski definition) is 22. The van der Waals surface area contributed by atoms with E-state index in [1.807, 2.05) is 45.9 Å². The van der Waals surface area contributed by atoms with Gasteiger partial charge in [0.15, 0.2) is 5.79 Å². The normalized spacial score (nSPS) is 34.8. The van der Waals surface area contributed by atoms with Crippen molar-refractivity contribution in [1.29, 1.82) is 0 Å². The van der Waals surface area contributed by atoms with E-state index in [1.54, 1.807) is 57.0 Å². The summed E-state index contributed by atoms with van der Waals surface area (Å²) in [6.45, 7) is 19.9. The third-order valence-corrected chi connectivity index (χ3v) is 26.2. The highest BCUT2D eigenvalue weighted by Gasteiger charge is 2.69. The van der Waals surface area contributed by atoms with Crippen LogP contribution >= 0.6 is 0 Å². The maximum Gasteiger partial charge on any atom is 0.409 e. The molecular weight excluding hydrogens is 1440 g/mol. The van der Waals surface area contributed by atoms with Crippen LogP contribution in [0.1, 0.15) is 183 Å². The van der Waals surface area contributed by atoms with E-state index >= 15 is 9.59 Å². The van der Waals surface area contributed by atoms with Crippen molar-refractivity contribution in [3.05, 3.63) is 59.7 Å². The number of methoxy groups -OCH3 is 5. The summed E-state index contributed by atoms with van der Waals surface area (Å²) in [5.74, 6) is -5.22. The van der Waals surface area contributed by atoms with Crippen molar-refractivity contribution in [3.63, 3.8) is 0 Å². The van der Waals surface area contributed by atoms with E-state index in [2.05, 4.69) is 42.5 Å². The second-order valence-electron chi connectivity index (χ2n) is 34.3. The van der Waals surface area contributed by atoms with E-state index in [0.717, 1.165) is 11.1 Å². The number of nitrogens with one attached hydrogen (secondary N) is 3. The maximum atomic E-state index is 15.7. The zero-order chi connectivity index (χ0) is 80.7. The molecule has 28 nitrogen and oxygen atoms in total. The van der Waals surface area contributed by atoms with Gasteiger partial charge in [0, 0.05) is 100 Å². The Kier molecular flexibility index (Phi) is 30.1. The third kappa shape index (κ3) is 19.7. The summed E-state index contributed by atoms with van der Waals surface area (Å²) >= 11 is 0. The summed E-state index contributed by atoms with van der Waals surface area (Å²) in [4.78, 5) is 105. The highest BCUT2D eigenvalue weighted by Crippen LogP contribution is 2.55. The van der Waals surface area contributed by atoms with Crippen LogP contribution in [0.25, 0.3) is 0 Å². The molecule has 112 heavy (non-hydrogen) atoms.